The minimum atomic E-state index is -0.824. The third-order valence-corrected chi connectivity index (χ3v) is 4.69. The van der Waals surface area contributed by atoms with Crippen LogP contribution >= 0.6 is 0 Å². The van der Waals surface area contributed by atoms with Gasteiger partial charge in [-0.3, -0.25) is 4.79 Å². The van der Waals surface area contributed by atoms with Crippen LogP contribution in [0.1, 0.15) is 12.0 Å². The second kappa shape index (κ2) is 7.61. The van der Waals surface area contributed by atoms with E-state index >= 15 is 0 Å². The van der Waals surface area contributed by atoms with Crippen molar-refractivity contribution < 1.29 is 14.7 Å². The lowest BCUT2D eigenvalue weighted by molar-refractivity contribution is -0.138. The molecule has 0 bridgehead atoms. The van der Waals surface area contributed by atoms with Crippen molar-refractivity contribution in [2.45, 2.75) is 19.0 Å². The fourth-order valence-corrected chi connectivity index (χ4v) is 3.46. The number of aliphatic carboxylic acids is 1. The van der Waals surface area contributed by atoms with Crippen molar-refractivity contribution in [3.05, 3.63) is 35.9 Å². The predicted octanol–water partition coefficient (Wildman–Crippen LogP) is -0.100. The fourth-order valence-electron chi connectivity index (χ4n) is 3.46. The first-order valence-corrected chi connectivity index (χ1v) is 8.15. The molecule has 0 saturated carbocycles. The van der Waals surface area contributed by atoms with Gasteiger partial charge in [0.1, 0.15) is 0 Å². The highest BCUT2D eigenvalue weighted by Crippen LogP contribution is 2.29. The summed E-state index contributed by atoms with van der Waals surface area (Å²) in [5.41, 5.74) is 9.98. The van der Waals surface area contributed by atoms with Crippen LogP contribution < -0.4 is 21.7 Å². The van der Waals surface area contributed by atoms with Gasteiger partial charge in [0.25, 0.3) is 0 Å². The zero-order valence-electron chi connectivity index (χ0n) is 13.4. The van der Waals surface area contributed by atoms with Crippen molar-refractivity contribution in [2.75, 3.05) is 19.6 Å². The van der Waals surface area contributed by atoms with Gasteiger partial charge in [-0.1, -0.05) is 30.3 Å². The lowest BCUT2D eigenvalue weighted by atomic mass is 9.87. The molecule has 130 valence electrons. The molecular weight excluding hydrogens is 310 g/mol. The van der Waals surface area contributed by atoms with Gasteiger partial charge in [-0.15, -0.1) is 0 Å². The Hall–Kier alpha value is -2.16. The molecular formula is C16H23N5O3. The van der Waals surface area contributed by atoms with Crippen molar-refractivity contribution in [1.29, 1.82) is 0 Å². The molecule has 1 aromatic rings. The molecule has 2 amide bonds. The summed E-state index contributed by atoms with van der Waals surface area (Å²) in [7, 11) is 0. The summed E-state index contributed by atoms with van der Waals surface area (Å²) in [4.78, 5) is 25.3. The Labute approximate surface area is 140 Å². The predicted molar refractivity (Wildman–Crippen MR) is 87.5 cm³/mol. The number of nitrogens with zero attached hydrogens (tertiary/aromatic N) is 1. The number of carbonyl (C=O) groups is 2. The molecule has 1 aromatic carbocycles. The third-order valence-electron chi connectivity index (χ3n) is 4.69. The van der Waals surface area contributed by atoms with Crippen molar-refractivity contribution in [1.82, 2.24) is 26.6 Å². The highest BCUT2D eigenvalue weighted by Gasteiger charge is 2.41. The highest BCUT2D eigenvalue weighted by atomic mass is 16.4. The summed E-state index contributed by atoms with van der Waals surface area (Å²) >= 11 is 0. The summed E-state index contributed by atoms with van der Waals surface area (Å²) in [6.07, 6.45) is 0.0747. The molecule has 8 nitrogen and oxygen atoms in total. The molecule has 2 aliphatic rings. The van der Waals surface area contributed by atoms with Gasteiger partial charge in [0, 0.05) is 32.2 Å². The maximum absolute atomic E-state index is 12.4. The molecule has 2 fully saturated rings. The Bertz CT molecular complexity index is 576. The Morgan fingerprint density at radius 2 is 2.04 bits per heavy atom. The molecule has 8 heteroatoms. The van der Waals surface area contributed by atoms with E-state index in [0.717, 1.165) is 5.56 Å². The molecule has 24 heavy (non-hydrogen) atoms. The zero-order valence-corrected chi connectivity index (χ0v) is 13.4. The largest absolute Gasteiger partial charge is 0.481 e. The van der Waals surface area contributed by atoms with Gasteiger partial charge < -0.3 is 15.3 Å². The van der Waals surface area contributed by atoms with Crippen LogP contribution in [0, 0.1) is 11.8 Å². The van der Waals surface area contributed by atoms with E-state index in [1.807, 2.05) is 30.3 Å². The van der Waals surface area contributed by atoms with Crippen LogP contribution in [-0.2, 0) is 11.3 Å². The maximum atomic E-state index is 12.4. The number of urea groups is 1. The molecule has 3 rings (SSSR count). The average molecular weight is 333 g/mol. The molecule has 2 aliphatic heterocycles. The van der Waals surface area contributed by atoms with E-state index in [1.54, 1.807) is 4.90 Å². The number of hydrogen-bond donors (Lipinski definition) is 5. The van der Waals surface area contributed by atoms with E-state index in [0.29, 0.717) is 26.2 Å². The minimum Gasteiger partial charge on any atom is -0.481 e. The first-order valence-electron chi connectivity index (χ1n) is 8.15. The normalized spacial score (nSPS) is 26.5. The van der Waals surface area contributed by atoms with Crippen LogP contribution in [-0.4, -0.2) is 47.7 Å². The summed E-state index contributed by atoms with van der Waals surface area (Å²) < 4.78 is 0. The number of carboxylic acids is 1. The van der Waals surface area contributed by atoms with Gasteiger partial charge in [0.2, 0.25) is 0 Å². The topological polar surface area (TPSA) is 106 Å². The minimum absolute atomic E-state index is 0.0517. The van der Waals surface area contributed by atoms with Crippen molar-refractivity contribution in [3.63, 3.8) is 0 Å². The van der Waals surface area contributed by atoms with E-state index in [1.165, 1.54) is 0 Å². The Kier molecular flexibility index (Phi) is 5.29. The summed E-state index contributed by atoms with van der Waals surface area (Å²) in [5, 5.41) is 12.1. The monoisotopic (exact) mass is 333 g/mol. The molecule has 0 spiro atoms. The number of hydrogen-bond acceptors (Lipinski definition) is 5. The van der Waals surface area contributed by atoms with Crippen LogP contribution in [0.5, 0.6) is 0 Å². The number of carbonyl (C=O) groups excluding carboxylic acids is 1. The number of amides is 2. The highest BCUT2D eigenvalue weighted by molar-refractivity contribution is 5.75. The summed E-state index contributed by atoms with van der Waals surface area (Å²) in [5.74, 6) is -0.772. The van der Waals surface area contributed by atoms with Crippen LogP contribution in [0.4, 0.5) is 4.79 Å². The molecule has 0 aliphatic carbocycles. The van der Waals surface area contributed by atoms with E-state index in [4.69, 9.17) is 5.11 Å². The number of rotatable bonds is 5. The zero-order chi connectivity index (χ0) is 16.9. The number of benzene rings is 1. The number of nitrogens with one attached hydrogen (secondary N) is 4. The van der Waals surface area contributed by atoms with Crippen LogP contribution in [0.15, 0.2) is 30.3 Å². The number of hydrazine groups is 2. The van der Waals surface area contributed by atoms with Crippen molar-refractivity contribution in [3.8, 4) is 0 Å². The fraction of sp³-hybridized carbons (Fsp3) is 0.500. The Morgan fingerprint density at radius 3 is 2.71 bits per heavy atom. The average Bonchev–Trinajstić information content (AvgIpc) is 3.22. The Balaban J connectivity index is 1.58. The van der Waals surface area contributed by atoms with Gasteiger partial charge in [-0.2, -0.15) is 5.53 Å². The number of likely N-dealkylation sites (tertiary alicyclic amines) is 1. The van der Waals surface area contributed by atoms with E-state index in [9.17, 15) is 9.59 Å². The van der Waals surface area contributed by atoms with Gasteiger partial charge >= 0.3 is 12.0 Å². The lowest BCUT2D eigenvalue weighted by Crippen LogP contribution is -2.42. The molecule has 2 saturated heterocycles. The van der Waals surface area contributed by atoms with Gasteiger partial charge in [0.15, 0.2) is 0 Å². The smallest absolute Gasteiger partial charge is 0.317 e. The summed E-state index contributed by atoms with van der Waals surface area (Å²) in [6, 6.07) is 9.69. The van der Waals surface area contributed by atoms with E-state index in [-0.39, 0.29) is 30.3 Å². The van der Waals surface area contributed by atoms with Crippen molar-refractivity contribution in [2.24, 2.45) is 11.8 Å². The van der Waals surface area contributed by atoms with E-state index in [2.05, 4.69) is 21.7 Å². The molecule has 0 aromatic heterocycles. The number of carboxylic acid groups (broad SMARTS) is 1. The second-order valence-corrected chi connectivity index (χ2v) is 6.33. The van der Waals surface area contributed by atoms with Gasteiger partial charge in [-0.25, -0.2) is 15.6 Å². The van der Waals surface area contributed by atoms with E-state index < -0.39 is 5.97 Å². The van der Waals surface area contributed by atoms with Crippen LogP contribution in [0.2, 0.25) is 0 Å². The van der Waals surface area contributed by atoms with Gasteiger partial charge in [0.05, 0.1) is 6.42 Å². The standard InChI is InChI=1S/C16H23N5O3/c22-15(23)6-12-9-21(10-13(12)14-8-18-20-19-14)16(24)17-7-11-4-2-1-3-5-11/h1-5,12-14,18-20H,6-10H2,(H,17,24)(H,22,23)/t12-,13+,14?/m1/s1. The first-order chi connectivity index (χ1) is 11.6. The SMILES string of the molecule is O=C(O)C[C@@H]1CN(C(=O)NCc2ccccc2)C[C@@H]1C1CNNN1. The molecule has 1 unspecified atom stereocenters. The first kappa shape index (κ1) is 16.7. The molecule has 3 atom stereocenters. The lowest BCUT2D eigenvalue weighted by Gasteiger charge is -2.22. The second-order valence-electron chi connectivity index (χ2n) is 6.33. The summed E-state index contributed by atoms with van der Waals surface area (Å²) in [6.45, 7) is 2.20. The molecule has 0 radical (unpaired) electrons. The quantitative estimate of drug-likeness (QED) is 0.515. The molecule has 5 N–H and O–H groups in total. The maximum Gasteiger partial charge on any atom is 0.317 e. The van der Waals surface area contributed by atoms with Crippen molar-refractivity contribution >= 4 is 12.0 Å². The van der Waals surface area contributed by atoms with Gasteiger partial charge in [-0.05, 0) is 17.4 Å². The van der Waals surface area contributed by atoms with Crippen LogP contribution in [0.25, 0.3) is 0 Å². The molecule has 2 heterocycles. The van der Waals surface area contributed by atoms with Crippen LogP contribution in [0.3, 0.4) is 0 Å². The Morgan fingerprint density at radius 1 is 1.25 bits per heavy atom. The third kappa shape index (κ3) is 4.02.